The topological polar surface area (TPSA) is 37.8 Å². The molecule has 104 valence electrons. The van der Waals surface area contributed by atoms with E-state index in [1.807, 2.05) is 6.92 Å². The normalized spacial score (nSPS) is 19.0. The van der Waals surface area contributed by atoms with E-state index in [2.05, 4.69) is 52.5 Å². The Hall–Kier alpha value is -1.74. The van der Waals surface area contributed by atoms with E-state index >= 15 is 0 Å². The molecule has 1 aliphatic heterocycles. The first-order valence-corrected chi connectivity index (χ1v) is 7.36. The van der Waals surface area contributed by atoms with E-state index in [0.29, 0.717) is 5.92 Å². The highest BCUT2D eigenvalue weighted by Gasteiger charge is 2.18. The summed E-state index contributed by atoms with van der Waals surface area (Å²) in [4.78, 5) is 9.25. The molecule has 1 aromatic heterocycles. The third kappa shape index (κ3) is 2.88. The summed E-state index contributed by atoms with van der Waals surface area (Å²) >= 11 is 0. The van der Waals surface area contributed by atoms with Crippen LogP contribution in [0.1, 0.15) is 35.8 Å². The maximum absolute atomic E-state index is 4.65. The van der Waals surface area contributed by atoms with Crippen LogP contribution in [-0.2, 0) is 0 Å². The molecule has 2 aromatic rings. The van der Waals surface area contributed by atoms with Crippen LogP contribution in [0.5, 0.6) is 0 Å². The number of benzene rings is 1. The number of nitrogens with one attached hydrogen (secondary N) is 1. The van der Waals surface area contributed by atoms with E-state index in [1.165, 1.54) is 29.7 Å². The molecule has 1 aromatic carbocycles. The number of hydrogen-bond donors (Lipinski definition) is 1. The van der Waals surface area contributed by atoms with Gasteiger partial charge in [-0.2, -0.15) is 0 Å². The molecule has 1 fully saturated rings. The van der Waals surface area contributed by atoms with Crippen LogP contribution in [0.3, 0.4) is 0 Å². The molecule has 1 unspecified atom stereocenters. The van der Waals surface area contributed by atoms with Crippen LogP contribution in [0.25, 0.3) is 11.3 Å². The lowest BCUT2D eigenvalue weighted by molar-refractivity contribution is 0.453. The summed E-state index contributed by atoms with van der Waals surface area (Å²) < 4.78 is 0. The molecule has 1 N–H and O–H groups in total. The van der Waals surface area contributed by atoms with Crippen LogP contribution >= 0.6 is 0 Å². The SMILES string of the molecule is Cc1ccc(-c2cc(C3CCCNC3)nc(C)n2)cc1. The van der Waals surface area contributed by atoms with Crippen molar-refractivity contribution in [2.75, 3.05) is 13.1 Å². The predicted octanol–water partition coefficient (Wildman–Crippen LogP) is 3.23. The first kappa shape index (κ1) is 13.3. The molecule has 20 heavy (non-hydrogen) atoms. The number of hydrogen-bond acceptors (Lipinski definition) is 3. The van der Waals surface area contributed by atoms with Crippen molar-refractivity contribution < 1.29 is 0 Å². The molecule has 0 saturated carbocycles. The van der Waals surface area contributed by atoms with Crippen LogP contribution in [0.2, 0.25) is 0 Å². The van der Waals surface area contributed by atoms with E-state index in [1.54, 1.807) is 0 Å². The van der Waals surface area contributed by atoms with E-state index in [-0.39, 0.29) is 0 Å². The standard InChI is InChI=1S/C17H21N3/c1-12-5-7-14(8-6-12)16-10-17(20-13(2)19-16)15-4-3-9-18-11-15/h5-8,10,15,18H,3-4,9,11H2,1-2H3. The van der Waals surface area contributed by atoms with Crippen LogP contribution in [0.15, 0.2) is 30.3 Å². The van der Waals surface area contributed by atoms with E-state index in [9.17, 15) is 0 Å². The highest BCUT2D eigenvalue weighted by atomic mass is 14.9. The number of rotatable bonds is 2. The van der Waals surface area contributed by atoms with E-state index < -0.39 is 0 Å². The van der Waals surface area contributed by atoms with Gasteiger partial charge in [0.15, 0.2) is 0 Å². The number of nitrogens with zero attached hydrogens (tertiary/aromatic N) is 2. The first-order valence-electron chi connectivity index (χ1n) is 7.36. The van der Waals surface area contributed by atoms with Crippen molar-refractivity contribution in [1.29, 1.82) is 0 Å². The number of aryl methyl sites for hydroxylation is 2. The van der Waals surface area contributed by atoms with Crippen LogP contribution in [0, 0.1) is 13.8 Å². The second kappa shape index (κ2) is 5.71. The third-order valence-corrected chi connectivity index (χ3v) is 3.92. The van der Waals surface area contributed by atoms with Gasteiger partial charge in [0.2, 0.25) is 0 Å². The smallest absolute Gasteiger partial charge is 0.126 e. The van der Waals surface area contributed by atoms with Gasteiger partial charge in [0, 0.05) is 23.7 Å². The maximum atomic E-state index is 4.65. The average molecular weight is 267 g/mol. The monoisotopic (exact) mass is 267 g/mol. The van der Waals surface area contributed by atoms with Crippen LogP contribution in [0.4, 0.5) is 0 Å². The molecular weight excluding hydrogens is 246 g/mol. The largest absolute Gasteiger partial charge is 0.316 e. The Bertz CT molecular complexity index is 584. The molecule has 1 aliphatic rings. The fourth-order valence-corrected chi connectivity index (χ4v) is 2.78. The van der Waals surface area contributed by atoms with Gasteiger partial charge in [0.25, 0.3) is 0 Å². The van der Waals surface area contributed by atoms with Crippen molar-refractivity contribution in [1.82, 2.24) is 15.3 Å². The molecule has 3 heteroatoms. The molecular formula is C17H21N3. The molecule has 0 radical (unpaired) electrons. The minimum atomic E-state index is 0.523. The quantitative estimate of drug-likeness (QED) is 0.907. The zero-order valence-corrected chi connectivity index (χ0v) is 12.2. The zero-order chi connectivity index (χ0) is 13.9. The minimum Gasteiger partial charge on any atom is -0.316 e. The van der Waals surface area contributed by atoms with Crippen molar-refractivity contribution >= 4 is 0 Å². The Balaban J connectivity index is 1.95. The summed E-state index contributed by atoms with van der Waals surface area (Å²) in [5.41, 5.74) is 4.67. The maximum Gasteiger partial charge on any atom is 0.126 e. The fourth-order valence-electron chi connectivity index (χ4n) is 2.78. The predicted molar refractivity (Wildman–Crippen MR) is 81.8 cm³/mol. The summed E-state index contributed by atoms with van der Waals surface area (Å²) in [5, 5.41) is 3.46. The number of aromatic nitrogens is 2. The Morgan fingerprint density at radius 1 is 1.10 bits per heavy atom. The van der Waals surface area contributed by atoms with Gasteiger partial charge in [-0.15, -0.1) is 0 Å². The summed E-state index contributed by atoms with van der Waals surface area (Å²) in [6, 6.07) is 10.7. The first-order chi connectivity index (χ1) is 9.72. The summed E-state index contributed by atoms with van der Waals surface area (Å²) in [5.74, 6) is 1.39. The minimum absolute atomic E-state index is 0.523. The molecule has 1 atom stereocenters. The molecule has 1 saturated heterocycles. The molecule has 3 rings (SSSR count). The summed E-state index contributed by atoms with van der Waals surface area (Å²) in [7, 11) is 0. The van der Waals surface area contributed by atoms with Gasteiger partial charge in [-0.1, -0.05) is 29.8 Å². The Labute approximate surface area is 120 Å². The molecule has 0 bridgehead atoms. The lowest BCUT2D eigenvalue weighted by Crippen LogP contribution is -2.29. The van der Waals surface area contributed by atoms with Gasteiger partial charge in [0.1, 0.15) is 5.82 Å². The van der Waals surface area contributed by atoms with Crippen molar-refractivity contribution in [2.24, 2.45) is 0 Å². The molecule has 2 heterocycles. The zero-order valence-electron chi connectivity index (χ0n) is 12.2. The van der Waals surface area contributed by atoms with Crippen LogP contribution in [-0.4, -0.2) is 23.1 Å². The fraction of sp³-hybridized carbons (Fsp3) is 0.412. The van der Waals surface area contributed by atoms with Gasteiger partial charge in [-0.25, -0.2) is 9.97 Å². The molecule has 0 aliphatic carbocycles. The van der Waals surface area contributed by atoms with Crippen molar-refractivity contribution in [3.8, 4) is 11.3 Å². The lowest BCUT2D eigenvalue weighted by Gasteiger charge is -2.22. The Morgan fingerprint density at radius 3 is 2.60 bits per heavy atom. The Morgan fingerprint density at radius 2 is 1.90 bits per heavy atom. The second-order valence-corrected chi connectivity index (χ2v) is 5.63. The van der Waals surface area contributed by atoms with Gasteiger partial charge in [-0.05, 0) is 39.3 Å². The van der Waals surface area contributed by atoms with Crippen molar-refractivity contribution in [2.45, 2.75) is 32.6 Å². The van der Waals surface area contributed by atoms with Crippen molar-refractivity contribution in [3.05, 3.63) is 47.4 Å². The van der Waals surface area contributed by atoms with Crippen LogP contribution < -0.4 is 5.32 Å². The highest BCUT2D eigenvalue weighted by molar-refractivity contribution is 5.59. The number of piperidine rings is 1. The van der Waals surface area contributed by atoms with Gasteiger partial charge in [0.05, 0.1) is 5.69 Å². The van der Waals surface area contributed by atoms with Gasteiger partial charge >= 0.3 is 0 Å². The highest BCUT2D eigenvalue weighted by Crippen LogP contribution is 2.25. The molecule has 0 amide bonds. The van der Waals surface area contributed by atoms with Gasteiger partial charge < -0.3 is 5.32 Å². The Kier molecular flexibility index (Phi) is 3.79. The summed E-state index contributed by atoms with van der Waals surface area (Å²) in [6.07, 6.45) is 2.45. The van der Waals surface area contributed by atoms with Crippen molar-refractivity contribution in [3.63, 3.8) is 0 Å². The average Bonchev–Trinajstić information content (AvgIpc) is 2.48. The lowest BCUT2D eigenvalue weighted by atomic mass is 9.95. The second-order valence-electron chi connectivity index (χ2n) is 5.63. The molecule has 0 spiro atoms. The summed E-state index contributed by atoms with van der Waals surface area (Å²) in [6.45, 7) is 6.25. The van der Waals surface area contributed by atoms with E-state index in [0.717, 1.165) is 24.6 Å². The van der Waals surface area contributed by atoms with Gasteiger partial charge in [-0.3, -0.25) is 0 Å². The molecule has 3 nitrogen and oxygen atoms in total. The third-order valence-electron chi connectivity index (χ3n) is 3.92. The van der Waals surface area contributed by atoms with E-state index in [4.69, 9.17) is 0 Å².